The number of benzene rings is 1. The highest BCUT2D eigenvalue weighted by molar-refractivity contribution is 7.89. The molecule has 1 aliphatic carbocycles. The van der Waals surface area contributed by atoms with Crippen molar-refractivity contribution < 1.29 is 22.4 Å². The first-order valence-corrected chi connectivity index (χ1v) is 14.0. The number of rotatable bonds is 8. The van der Waals surface area contributed by atoms with Gasteiger partial charge in [0.05, 0.1) is 34.8 Å². The molecule has 4 aromatic rings. The second-order valence-electron chi connectivity index (χ2n) is 9.82. The Morgan fingerprint density at radius 1 is 1.16 bits per heavy atom. The molecule has 2 N–H and O–H groups in total. The van der Waals surface area contributed by atoms with Gasteiger partial charge in [0.25, 0.3) is 0 Å². The van der Waals surface area contributed by atoms with E-state index in [0.29, 0.717) is 29.7 Å². The van der Waals surface area contributed by atoms with E-state index in [0.717, 1.165) is 47.2 Å². The number of nitrogens with one attached hydrogen (secondary N) is 1. The van der Waals surface area contributed by atoms with Crippen LogP contribution in [-0.4, -0.2) is 47.1 Å². The summed E-state index contributed by atoms with van der Waals surface area (Å²) in [5, 5.41) is 13.1. The molecule has 10 heteroatoms. The van der Waals surface area contributed by atoms with Crippen LogP contribution >= 0.6 is 0 Å². The van der Waals surface area contributed by atoms with E-state index in [-0.39, 0.29) is 24.6 Å². The van der Waals surface area contributed by atoms with Crippen LogP contribution in [0.3, 0.4) is 0 Å². The first-order chi connectivity index (χ1) is 17.7. The fraction of sp³-hybridized carbons (Fsp3) is 0.407. The number of aliphatic hydroxyl groups is 1. The van der Waals surface area contributed by atoms with Crippen molar-refractivity contribution in [3.63, 3.8) is 0 Å². The maximum absolute atomic E-state index is 15.9. The predicted octanol–water partition coefficient (Wildman–Crippen LogP) is 4.92. The number of pyridine rings is 1. The molecule has 0 radical (unpaired) electrons. The van der Waals surface area contributed by atoms with Crippen LogP contribution in [0.25, 0.3) is 33.3 Å². The van der Waals surface area contributed by atoms with E-state index in [1.165, 1.54) is 6.07 Å². The van der Waals surface area contributed by atoms with Crippen molar-refractivity contribution in [3.05, 3.63) is 54.2 Å². The number of aryl methyl sites for hydroxylation is 2. The highest BCUT2D eigenvalue weighted by atomic mass is 32.2. The van der Waals surface area contributed by atoms with Crippen LogP contribution in [0.2, 0.25) is 0 Å². The Kier molecular flexibility index (Phi) is 6.91. The Morgan fingerprint density at radius 2 is 1.95 bits per heavy atom. The standard InChI is InChI=1S/C27H31FN4O4S/c1-18-25(19(2)36-31-18)21-14-24-26(29-15-21)23(16-32(24)17-27(28)9-4-3-5-10-27)20-7-6-8-22(13-20)37(34,35)30-11-12-33/h6-8,13-16,30,33H,3-5,9-12,17H2,1-2H3. The van der Waals surface area contributed by atoms with Gasteiger partial charge in [-0.2, -0.15) is 0 Å². The summed E-state index contributed by atoms with van der Waals surface area (Å²) < 4.78 is 50.9. The largest absolute Gasteiger partial charge is 0.395 e. The summed E-state index contributed by atoms with van der Waals surface area (Å²) in [6.45, 7) is 3.55. The van der Waals surface area contributed by atoms with Gasteiger partial charge in [-0.1, -0.05) is 36.6 Å². The molecule has 1 aromatic carbocycles. The van der Waals surface area contributed by atoms with Crippen LogP contribution in [0.5, 0.6) is 0 Å². The van der Waals surface area contributed by atoms with Crippen molar-refractivity contribution in [2.75, 3.05) is 13.2 Å². The van der Waals surface area contributed by atoms with Crippen molar-refractivity contribution >= 4 is 21.1 Å². The Morgan fingerprint density at radius 3 is 2.65 bits per heavy atom. The van der Waals surface area contributed by atoms with Gasteiger partial charge < -0.3 is 14.2 Å². The summed E-state index contributed by atoms with van der Waals surface area (Å²) >= 11 is 0. The smallest absolute Gasteiger partial charge is 0.240 e. The third-order valence-electron chi connectivity index (χ3n) is 7.10. The SMILES string of the molecule is Cc1noc(C)c1-c1cnc2c(-c3cccc(S(=O)(=O)NCCO)c3)cn(CC3(F)CCCCC3)c2c1. The lowest BCUT2D eigenvalue weighted by Gasteiger charge is -2.30. The number of aliphatic hydroxyl groups excluding tert-OH is 1. The maximum Gasteiger partial charge on any atom is 0.240 e. The number of alkyl halides is 1. The summed E-state index contributed by atoms with van der Waals surface area (Å²) in [7, 11) is -3.79. The number of fused-ring (bicyclic) bond motifs is 1. The zero-order valence-electron chi connectivity index (χ0n) is 21.0. The van der Waals surface area contributed by atoms with E-state index < -0.39 is 15.7 Å². The zero-order valence-corrected chi connectivity index (χ0v) is 21.8. The van der Waals surface area contributed by atoms with Crippen molar-refractivity contribution in [2.45, 2.75) is 63.1 Å². The minimum atomic E-state index is -3.79. The topological polar surface area (TPSA) is 110 Å². The van der Waals surface area contributed by atoms with E-state index in [1.54, 1.807) is 18.3 Å². The van der Waals surface area contributed by atoms with E-state index in [9.17, 15) is 8.42 Å². The van der Waals surface area contributed by atoms with Gasteiger partial charge in [0, 0.05) is 35.6 Å². The van der Waals surface area contributed by atoms with Crippen LogP contribution in [0.15, 0.2) is 52.1 Å². The molecule has 0 amide bonds. The number of aromatic nitrogens is 3. The Hall–Kier alpha value is -3.08. The average molecular weight is 527 g/mol. The molecule has 1 fully saturated rings. The lowest BCUT2D eigenvalue weighted by atomic mass is 9.86. The van der Waals surface area contributed by atoms with E-state index >= 15 is 4.39 Å². The van der Waals surface area contributed by atoms with Gasteiger partial charge in [-0.05, 0) is 50.5 Å². The molecule has 0 saturated heterocycles. The number of hydrogen-bond acceptors (Lipinski definition) is 6. The van der Waals surface area contributed by atoms with E-state index in [2.05, 4.69) is 9.88 Å². The quantitative estimate of drug-likeness (QED) is 0.337. The predicted molar refractivity (Wildman–Crippen MR) is 139 cm³/mol. The first kappa shape index (κ1) is 25.6. The number of halogens is 1. The van der Waals surface area contributed by atoms with E-state index in [1.807, 2.05) is 36.7 Å². The van der Waals surface area contributed by atoms with Gasteiger partial charge in [-0.25, -0.2) is 17.5 Å². The summed E-state index contributed by atoms with van der Waals surface area (Å²) in [6.07, 6.45) is 7.44. The van der Waals surface area contributed by atoms with Crippen LogP contribution in [0, 0.1) is 13.8 Å². The molecule has 0 spiro atoms. The van der Waals surface area contributed by atoms with Crippen molar-refractivity contribution in [1.82, 2.24) is 19.4 Å². The van der Waals surface area contributed by atoms with Gasteiger partial charge in [0.2, 0.25) is 10.0 Å². The Balaban J connectivity index is 1.64. The molecule has 1 aliphatic rings. The van der Waals surface area contributed by atoms with Crippen LogP contribution in [-0.2, 0) is 16.6 Å². The monoisotopic (exact) mass is 526 g/mol. The minimum absolute atomic E-state index is 0.0729. The molecule has 37 heavy (non-hydrogen) atoms. The fourth-order valence-corrected chi connectivity index (χ4v) is 6.35. The molecule has 3 aromatic heterocycles. The number of sulfonamides is 1. The van der Waals surface area contributed by atoms with Crippen LogP contribution < -0.4 is 4.72 Å². The van der Waals surface area contributed by atoms with Gasteiger partial charge in [0.1, 0.15) is 11.4 Å². The van der Waals surface area contributed by atoms with E-state index in [4.69, 9.17) is 14.6 Å². The maximum atomic E-state index is 15.9. The number of nitrogens with zero attached hydrogens (tertiary/aromatic N) is 3. The van der Waals surface area contributed by atoms with Gasteiger partial charge in [-0.3, -0.25) is 4.98 Å². The van der Waals surface area contributed by atoms with Gasteiger partial charge in [-0.15, -0.1) is 0 Å². The normalized spacial score (nSPS) is 15.9. The molecular formula is C27H31FN4O4S. The third kappa shape index (κ3) is 5.05. The van der Waals surface area contributed by atoms with Crippen molar-refractivity contribution in [1.29, 1.82) is 0 Å². The minimum Gasteiger partial charge on any atom is -0.395 e. The highest BCUT2D eigenvalue weighted by Gasteiger charge is 2.33. The van der Waals surface area contributed by atoms with Crippen LogP contribution in [0.1, 0.15) is 43.6 Å². The molecule has 0 atom stereocenters. The molecule has 0 bridgehead atoms. The molecule has 8 nitrogen and oxygen atoms in total. The fourth-order valence-electron chi connectivity index (χ4n) is 5.28. The lowest BCUT2D eigenvalue weighted by Crippen LogP contribution is -2.31. The first-order valence-electron chi connectivity index (χ1n) is 12.5. The second kappa shape index (κ2) is 10.00. The van der Waals surface area contributed by atoms with Gasteiger partial charge >= 0.3 is 0 Å². The molecule has 196 valence electrons. The molecule has 0 aliphatic heterocycles. The Labute approximate surface area is 215 Å². The summed E-state index contributed by atoms with van der Waals surface area (Å²) in [5.41, 5.74) is 3.94. The molecule has 1 saturated carbocycles. The lowest BCUT2D eigenvalue weighted by molar-refractivity contribution is 0.0873. The Bertz CT molecular complexity index is 1520. The van der Waals surface area contributed by atoms with Crippen molar-refractivity contribution in [2.24, 2.45) is 0 Å². The summed E-state index contributed by atoms with van der Waals surface area (Å²) in [6, 6.07) is 8.55. The van der Waals surface area contributed by atoms with Crippen molar-refractivity contribution in [3.8, 4) is 22.3 Å². The summed E-state index contributed by atoms with van der Waals surface area (Å²) in [4.78, 5) is 4.85. The summed E-state index contributed by atoms with van der Waals surface area (Å²) in [5.74, 6) is 0.680. The third-order valence-corrected chi connectivity index (χ3v) is 8.56. The molecule has 3 heterocycles. The van der Waals surface area contributed by atoms with Crippen LogP contribution in [0.4, 0.5) is 4.39 Å². The molecule has 0 unspecified atom stereocenters. The molecule has 5 rings (SSSR count). The number of hydrogen-bond donors (Lipinski definition) is 2. The molecular weight excluding hydrogens is 495 g/mol. The average Bonchev–Trinajstić information content (AvgIpc) is 3.41. The second-order valence-corrected chi connectivity index (χ2v) is 11.6. The highest BCUT2D eigenvalue weighted by Crippen LogP contribution is 2.38. The zero-order chi connectivity index (χ0) is 26.2. The van der Waals surface area contributed by atoms with Gasteiger partial charge in [0.15, 0.2) is 0 Å².